The van der Waals surface area contributed by atoms with Crippen molar-refractivity contribution in [3.05, 3.63) is 66.0 Å². The predicted molar refractivity (Wildman–Crippen MR) is 94.4 cm³/mol. The second-order valence-corrected chi connectivity index (χ2v) is 7.04. The van der Waals surface area contributed by atoms with Gasteiger partial charge in [0.2, 0.25) is 5.91 Å². The monoisotopic (exact) mass is 320 g/mol. The van der Waals surface area contributed by atoms with Gasteiger partial charge >= 0.3 is 0 Å². The van der Waals surface area contributed by atoms with E-state index in [2.05, 4.69) is 46.3 Å². The highest BCUT2D eigenvalue weighted by atomic mass is 16.2. The van der Waals surface area contributed by atoms with Crippen LogP contribution < -0.4 is 0 Å². The van der Waals surface area contributed by atoms with Crippen LogP contribution in [0.1, 0.15) is 55.2 Å². The average molecular weight is 320 g/mol. The number of pyridine rings is 1. The van der Waals surface area contributed by atoms with Gasteiger partial charge in [0.15, 0.2) is 0 Å². The van der Waals surface area contributed by atoms with E-state index in [1.165, 1.54) is 24.0 Å². The van der Waals surface area contributed by atoms with Crippen molar-refractivity contribution in [2.24, 2.45) is 5.92 Å². The quantitative estimate of drug-likeness (QED) is 0.843. The van der Waals surface area contributed by atoms with Gasteiger partial charge in [-0.3, -0.25) is 9.78 Å². The Kier molecular flexibility index (Phi) is 4.33. The zero-order valence-electron chi connectivity index (χ0n) is 14.0. The Morgan fingerprint density at radius 3 is 2.54 bits per heavy atom. The SMILES string of the molecule is O=C([C@@H]1C[C@H]1c1ccccc1)N1CCCCC[C@H]1c1ccncc1. The molecule has 0 N–H and O–H groups in total. The number of nitrogens with zero attached hydrogens (tertiary/aromatic N) is 2. The van der Waals surface area contributed by atoms with Gasteiger partial charge in [0.25, 0.3) is 0 Å². The van der Waals surface area contributed by atoms with Gasteiger partial charge in [0.1, 0.15) is 0 Å². The Morgan fingerprint density at radius 2 is 1.75 bits per heavy atom. The third-order valence-electron chi connectivity index (χ3n) is 5.46. The van der Waals surface area contributed by atoms with Crippen molar-refractivity contribution in [2.75, 3.05) is 6.54 Å². The molecule has 24 heavy (non-hydrogen) atoms. The van der Waals surface area contributed by atoms with Gasteiger partial charge in [0, 0.05) is 24.9 Å². The number of amides is 1. The van der Waals surface area contributed by atoms with E-state index in [4.69, 9.17) is 0 Å². The molecule has 2 aromatic rings. The van der Waals surface area contributed by atoms with Gasteiger partial charge in [-0.2, -0.15) is 0 Å². The molecule has 0 spiro atoms. The van der Waals surface area contributed by atoms with Crippen molar-refractivity contribution in [2.45, 2.75) is 44.1 Å². The Hall–Kier alpha value is -2.16. The topological polar surface area (TPSA) is 33.2 Å². The van der Waals surface area contributed by atoms with Gasteiger partial charge in [-0.25, -0.2) is 0 Å². The highest BCUT2D eigenvalue weighted by molar-refractivity contribution is 5.83. The molecule has 0 bridgehead atoms. The van der Waals surface area contributed by atoms with E-state index in [1.54, 1.807) is 0 Å². The van der Waals surface area contributed by atoms with E-state index in [1.807, 2.05) is 18.5 Å². The average Bonchev–Trinajstić information content (AvgIpc) is 3.46. The van der Waals surface area contributed by atoms with Crippen LogP contribution in [0.15, 0.2) is 54.9 Å². The lowest BCUT2D eigenvalue weighted by Gasteiger charge is -2.31. The molecule has 2 aliphatic rings. The second-order valence-electron chi connectivity index (χ2n) is 7.04. The maximum absolute atomic E-state index is 13.2. The number of hydrogen-bond acceptors (Lipinski definition) is 2. The number of benzene rings is 1. The predicted octanol–water partition coefficient (Wildman–Crippen LogP) is 4.33. The minimum absolute atomic E-state index is 0.176. The molecule has 2 fully saturated rings. The lowest BCUT2D eigenvalue weighted by molar-refractivity contribution is -0.135. The summed E-state index contributed by atoms with van der Waals surface area (Å²) in [6.07, 6.45) is 9.29. The molecule has 3 atom stereocenters. The Balaban J connectivity index is 1.53. The van der Waals surface area contributed by atoms with E-state index in [0.717, 1.165) is 25.8 Å². The van der Waals surface area contributed by atoms with E-state index in [0.29, 0.717) is 11.8 Å². The zero-order chi connectivity index (χ0) is 16.4. The maximum Gasteiger partial charge on any atom is 0.226 e. The lowest BCUT2D eigenvalue weighted by atomic mass is 10.0. The van der Waals surface area contributed by atoms with Crippen LogP contribution in [0.4, 0.5) is 0 Å². The highest BCUT2D eigenvalue weighted by Gasteiger charge is 2.46. The van der Waals surface area contributed by atoms with Crippen molar-refractivity contribution in [3.8, 4) is 0 Å². The van der Waals surface area contributed by atoms with Gasteiger partial charge in [0.05, 0.1) is 6.04 Å². The molecule has 3 nitrogen and oxygen atoms in total. The van der Waals surface area contributed by atoms with E-state index >= 15 is 0 Å². The van der Waals surface area contributed by atoms with E-state index < -0.39 is 0 Å². The Morgan fingerprint density at radius 1 is 0.958 bits per heavy atom. The number of rotatable bonds is 3. The molecule has 1 amide bonds. The first-order valence-corrected chi connectivity index (χ1v) is 9.10. The first kappa shape index (κ1) is 15.4. The molecular weight excluding hydrogens is 296 g/mol. The molecule has 0 unspecified atom stereocenters. The molecule has 1 saturated carbocycles. The normalized spacial score (nSPS) is 26.7. The minimum atomic E-state index is 0.176. The third-order valence-corrected chi connectivity index (χ3v) is 5.46. The van der Waals surface area contributed by atoms with Gasteiger partial charge in [-0.05, 0) is 48.4 Å². The second kappa shape index (κ2) is 6.76. The summed E-state index contributed by atoms with van der Waals surface area (Å²) in [5.41, 5.74) is 2.54. The largest absolute Gasteiger partial charge is 0.335 e. The standard InChI is InChI=1S/C21H24N2O/c24-21(19-15-18(19)16-7-3-1-4-8-16)23-14-6-2-5-9-20(23)17-10-12-22-13-11-17/h1,3-4,7-8,10-13,18-20H,2,5-6,9,14-15H2/t18-,19+,20-/m0/s1. The van der Waals surface area contributed by atoms with Crippen LogP contribution in [0.3, 0.4) is 0 Å². The molecule has 1 aliphatic heterocycles. The van der Waals surface area contributed by atoms with Crippen molar-refractivity contribution in [3.63, 3.8) is 0 Å². The number of carbonyl (C=O) groups is 1. The van der Waals surface area contributed by atoms with Crippen LogP contribution in [0.25, 0.3) is 0 Å². The number of aromatic nitrogens is 1. The summed E-state index contributed by atoms with van der Waals surface area (Å²) in [5, 5.41) is 0. The van der Waals surface area contributed by atoms with Crippen LogP contribution in [0, 0.1) is 5.92 Å². The minimum Gasteiger partial charge on any atom is -0.335 e. The molecule has 4 rings (SSSR count). The van der Waals surface area contributed by atoms with Gasteiger partial charge in [-0.15, -0.1) is 0 Å². The van der Waals surface area contributed by atoms with Crippen molar-refractivity contribution < 1.29 is 4.79 Å². The summed E-state index contributed by atoms with van der Waals surface area (Å²) in [5.74, 6) is 0.947. The number of hydrogen-bond donors (Lipinski definition) is 0. The first-order chi connectivity index (χ1) is 11.8. The fraction of sp³-hybridized carbons (Fsp3) is 0.429. The van der Waals surface area contributed by atoms with Crippen LogP contribution >= 0.6 is 0 Å². The first-order valence-electron chi connectivity index (χ1n) is 9.10. The summed E-state index contributed by atoms with van der Waals surface area (Å²) in [6, 6.07) is 14.8. The van der Waals surface area contributed by atoms with Crippen LogP contribution in [-0.4, -0.2) is 22.3 Å². The summed E-state index contributed by atoms with van der Waals surface area (Å²) in [7, 11) is 0. The molecule has 1 aliphatic carbocycles. The van der Waals surface area contributed by atoms with E-state index in [-0.39, 0.29) is 12.0 Å². The molecule has 1 aromatic carbocycles. The molecule has 0 radical (unpaired) electrons. The highest BCUT2D eigenvalue weighted by Crippen LogP contribution is 2.49. The van der Waals surface area contributed by atoms with Gasteiger partial charge < -0.3 is 4.90 Å². The molecule has 1 saturated heterocycles. The third kappa shape index (κ3) is 3.08. The number of likely N-dealkylation sites (tertiary alicyclic amines) is 1. The molecule has 2 heterocycles. The summed E-state index contributed by atoms with van der Waals surface area (Å²) in [6.45, 7) is 0.893. The van der Waals surface area contributed by atoms with Crippen LogP contribution in [0.5, 0.6) is 0 Å². The number of carbonyl (C=O) groups excluding carboxylic acids is 1. The Labute approximate surface area is 143 Å². The van der Waals surface area contributed by atoms with Crippen molar-refractivity contribution in [1.29, 1.82) is 0 Å². The lowest BCUT2D eigenvalue weighted by Crippen LogP contribution is -2.36. The fourth-order valence-corrected chi connectivity index (χ4v) is 4.05. The molecular formula is C21H24N2O. The van der Waals surface area contributed by atoms with Gasteiger partial charge in [-0.1, -0.05) is 43.2 Å². The summed E-state index contributed by atoms with van der Waals surface area (Å²) < 4.78 is 0. The van der Waals surface area contributed by atoms with Crippen LogP contribution in [-0.2, 0) is 4.79 Å². The van der Waals surface area contributed by atoms with Crippen molar-refractivity contribution in [1.82, 2.24) is 9.88 Å². The summed E-state index contributed by atoms with van der Waals surface area (Å²) >= 11 is 0. The van der Waals surface area contributed by atoms with E-state index in [9.17, 15) is 4.79 Å². The zero-order valence-corrected chi connectivity index (χ0v) is 14.0. The maximum atomic E-state index is 13.2. The van der Waals surface area contributed by atoms with Crippen molar-refractivity contribution >= 4 is 5.91 Å². The van der Waals surface area contributed by atoms with Crippen LogP contribution in [0.2, 0.25) is 0 Å². The fourth-order valence-electron chi connectivity index (χ4n) is 4.05. The molecule has 124 valence electrons. The Bertz CT molecular complexity index is 685. The molecule has 1 aromatic heterocycles. The smallest absolute Gasteiger partial charge is 0.226 e. The molecule has 3 heteroatoms. The summed E-state index contributed by atoms with van der Waals surface area (Å²) in [4.78, 5) is 19.5.